The highest BCUT2D eigenvalue weighted by Crippen LogP contribution is 2.16. The number of amides is 1. The van der Waals surface area contributed by atoms with E-state index in [1.807, 2.05) is 29.1 Å². The molecule has 1 aliphatic heterocycles. The zero-order chi connectivity index (χ0) is 19.2. The van der Waals surface area contributed by atoms with Crippen molar-refractivity contribution in [3.63, 3.8) is 0 Å². The maximum atomic E-state index is 12.6. The molecule has 0 bridgehead atoms. The van der Waals surface area contributed by atoms with Crippen molar-refractivity contribution in [2.45, 2.75) is 31.7 Å². The molecule has 1 aromatic carbocycles. The van der Waals surface area contributed by atoms with Crippen LogP contribution < -0.4 is 10.6 Å². The van der Waals surface area contributed by atoms with E-state index in [-0.39, 0.29) is 18.3 Å². The van der Waals surface area contributed by atoms with E-state index in [4.69, 9.17) is 0 Å². The molecule has 2 aromatic heterocycles. The molecule has 2 N–H and O–H groups in total. The van der Waals surface area contributed by atoms with E-state index in [2.05, 4.69) is 45.0 Å². The highest BCUT2D eigenvalue weighted by molar-refractivity contribution is 6.02. The number of benzene rings is 1. The first-order valence-corrected chi connectivity index (χ1v) is 9.84. The molecule has 0 saturated carbocycles. The molecule has 6 nitrogen and oxygen atoms in total. The average molecular weight is 412 g/mol. The minimum absolute atomic E-state index is 0. The molecule has 1 saturated heterocycles. The number of hydrogen-bond donors (Lipinski definition) is 2. The van der Waals surface area contributed by atoms with E-state index in [1.165, 1.54) is 5.56 Å². The summed E-state index contributed by atoms with van der Waals surface area (Å²) < 4.78 is 1.89. The number of nitrogens with zero attached hydrogens (tertiary/aromatic N) is 3. The van der Waals surface area contributed by atoms with Crippen LogP contribution in [0.3, 0.4) is 0 Å². The number of carbonyl (C=O) groups excluding carboxylic acids is 1. The second-order valence-corrected chi connectivity index (χ2v) is 7.17. The number of anilines is 1. The fourth-order valence-corrected chi connectivity index (χ4v) is 3.53. The van der Waals surface area contributed by atoms with Crippen molar-refractivity contribution in [2.75, 3.05) is 18.4 Å². The molecule has 3 heterocycles. The van der Waals surface area contributed by atoms with Gasteiger partial charge < -0.3 is 10.6 Å². The Morgan fingerprint density at radius 1 is 1.14 bits per heavy atom. The van der Waals surface area contributed by atoms with Crippen molar-refractivity contribution < 1.29 is 4.79 Å². The smallest absolute Gasteiger partial charge is 0.277 e. The zero-order valence-electron chi connectivity index (χ0n) is 16.3. The molecule has 0 spiro atoms. The Bertz CT molecular complexity index is 922. The number of nitrogens with one attached hydrogen (secondary N) is 2. The lowest BCUT2D eigenvalue weighted by atomic mass is 10.1. The van der Waals surface area contributed by atoms with Crippen LogP contribution in [-0.4, -0.2) is 33.8 Å². The lowest BCUT2D eigenvalue weighted by Crippen LogP contribution is -2.32. The van der Waals surface area contributed by atoms with Gasteiger partial charge in [0.05, 0.1) is 6.04 Å². The lowest BCUT2D eigenvalue weighted by molar-refractivity contribution is 0.102. The molecule has 1 amide bonds. The third kappa shape index (κ3) is 5.65. The molecular weight excluding hydrogens is 386 g/mol. The van der Waals surface area contributed by atoms with Crippen LogP contribution in [0.2, 0.25) is 0 Å². The van der Waals surface area contributed by atoms with Crippen molar-refractivity contribution in [2.24, 2.45) is 0 Å². The standard InChI is InChI=1S/C22H25N5O.ClH/c28-22(20-11-14-27(26-20)19-7-4-12-23-16-19)25-21-15-18(10-13-24-21)9-8-17-5-2-1-3-6-17;/h1-3,5-6,10-11,13-15,19,23H,4,7-9,12,16H2,(H,24,25,28);1H. The molecule has 1 fully saturated rings. The minimum Gasteiger partial charge on any atom is -0.315 e. The first-order chi connectivity index (χ1) is 13.8. The highest BCUT2D eigenvalue weighted by atomic mass is 35.5. The monoisotopic (exact) mass is 411 g/mol. The summed E-state index contributed by atoms with van der Waals surface area (Å²) in [5.74, 6) is 0.333. The van der Waals surface area contributed by atoms with Crippen LogP contribution in [0.4, 0.5) is 5.82 Å². The topological polar surface area (TPSA) is 71.8 Å². The third-order valence-electron chi connectivity index (χ3n) is 5.10. The number of aryl methyl sites for hydroxylation is 2. The lowest BCUT2D eigenvalue weighted by Gasteiger charge is -2.22. The number of piperidine rings is 1. The van der Waals surface area contributed by atoms with Gasteiger partial charge in [-0.3, -0.25) is 9.48 Å². The van der Waals surface area contributed by atoms with Crippen molar-refractivity contribution in [3.8, 4) is 0 Å². The van der Waals surface area contributed by atoms with E-state index in [0.717, 1.165) is 44.3 Å². The van der Waals surface area contributed by atoms with Gasteiger partial charge in [0.25, 0.3) is 5.91 Å². The fraction of sp³-hybridized carbons (Fsp3) is 0.318. The summed E-state index contributed by atoms with van der Waals surface area (Å²) >= 11 is 0. The van der Waals surface area contributed by atoms with Crippen LogP contribution in [0.5, 0.6) is 0 Å². The number of pyridine rings is 1. The van der Waals surface area contributed by atoms with Gasteiger partial charge in [0.15, 0.2) is 5.69 Å². The normalized spacial score (nSPS) is 16.1. The van der Waals surface area contributed by atoms with Crippen LogP contribution in [0.25, 0.3) is 0 Å². The third-order valence-corrected chi connectivity index (χ3v) is 5.10. The first kappa shape index (κ1) is 21.0. The summed E-state index contributed by atoms with van der Waals surface area (Å²) in [6.07, 6.45) is 7.70. The summed E-state index contributed by atoms with van der Waals surface area (Å²) in [5, 5.41) is 10.7. The summed E-state index contributed by atoms with van der Waals surface area (Å²) in [4.78, 5) is 16.8. The van der Waals surface area contributed by atoms with Crippen LogP contribution in [-0.2, 0) is 12.8 Å². The Balaban J connectivity index is 0.00000240. The summed E-state index contributed by atoms with van der Waals surface area (Å²) in [6, 6.07) is 16.4. The van der Waals surface area contributed by atoms with E-state index in [9.17, 15) is 4.79 Å². The van der Waals surface area contributed by atoms with E-state index in [1.54, 1.807) is 12.3 Å². The van der Waals surface area contributed by atoms with E-state index >= 15 is 0 Å². The van der Waals surface area contributed by atoms with Gasteiger partial charge in [0.1, 0.15) is 5.82 Å². The molecular formula is C22H26ClN5O. The minimum atomic E-state index is -0.227. The van der Waals surface area contributed by atoms with Gasteiger partial charge >= 0.3 is 0 Å². The Kier molecular flexibility index (Phi) is 7.38. The van der Waals surface area contributed by atoms with Crippen LogP contribution in [0.1, 0.15) is 40.5 Å². The fourth-order valence-electron chi connectivity index (χ4n) is 3.53. The molecule has 0 aliphatic carbocycles. The van der Waals surface area contributed by atoms with Crippen molar-refractivity contribution >= 4 is 24.1 Å². The number of rotatable bonds is 6. The molecule has 7 heteroatoms. The highest BCUT2D eigenvalue weighted by Gasteiger charge is 2.18. The maximum Gasteiger partial charge on any atom is 0.277 e. The molecule has 152 valence electrons. The zero-order valence-corrected chi connectivity index (χ0v) is 17.1. The Morgan fingerprint density at radius 2 is 1.97 bits per heavy atom. The maximum absolute atomic E-state index is 12.6. The van der Waals surface area contributed by atoms with Crippen LogP contribution in [0.15, 0.2) is 60.9 Å². The Hall–Kier alpha value is -2.70. The second kappa shape index (κ2) is 10.2. The molecule has 1 aliphatic rings. The summed E-state index contributed by atoms with van der Waals surface area (Å²) in [6.45, 7) is 1.95. The Morgan fingerprint density at radius 3 is 2.76 bits per heavy atom. The first-order valence-electron chi connectivity index (χ1n) is 9.84. The predicted octanol–water partition coefficient (Wildman–Crippen LogP) is 3.66. The average Bonchev–Trinajstić information content (AvgIpc) is 3.25. The van der Waals surface area contributed by atoms with Crippen LogP contribution >= 0.6 is 12.4 Å². The predicted molar refractivity (Wildman–Crippen MR) is 117 cm³/mol. The van der Waals surface area contributed by atoms with Crippen molar-refractivity contribution in [3.05, 3.63) is 77.7 Å². The molecule has 4 rings (SSSR count). The second-order valence-electron chi connectivity index (χ2n) is 7.17. The summed E-state index contributed by atoms with van der Waals surface area (Å²) in [7, 11) is 0. The van der Waals surface area contributed by atoms with Gasteiger partial charge in [-0.25, -0.2) is 4.98 Å². The van der Waals surface area contributed by atoms with Gasteiger partial charge in [-0.2, -0.15) is 5.10 Å². The van der Waals surface area contributed by atoms with Crippen molar-refractivity contribution in [1.82, 2.24) is 20.1 Å². The van der Waals surface area contributed by atoms with Gasteiger partial charge in [-0.15, -0.1) is 12.4 Å². The van der Waals surface area contributed by atoms with Gasteiger partial charge in [0, 0.05) is 18.9 Å². The number of halogens is 1. The van der Waals surface area contributed by atoms with Gasteiger partial charge in [0.2, 0.25) is 0 Å². The van der Waals surface area contributed by atoms with Gasteiger partial charge in [-0.1, -0.05) is 30.3 Å². The SMILES string of the molecule is Cl.O=C(Nc1cc(CCc2ccccc2)ccn1)c1ccn(C2CCCNC2)n1. The van der Waals surface area contributed by atoms with E-state index in [0.29, 0.717) is 17.6 Å². The molecule has 3 aromatic rings. The number of hydrogen-bond acceptors (Lipinski definition) is 4. The largest absolute Gasteiger partial charge is 0.315 e. The molecule has 29 heavy (non-hydrogen) atoms. The molecule has 1 atom stereocenters. The molecule has 0 radical (unpaired) electrons. The Labute approximate surface area is 177 Å². The quantitative estimate of drug-likeness (QED) is 0.649. The summed E-state index contributed by atoms with van der Waals surface area (Å²) in [5.41, 5.74) is 2.86. The molecule has 1 unspecified atom stereocenters. The van der Waals surface area contributed by atoms with E-state index < -0.39 is 0 Å². The van der Waals surface area contributed by atoms with Crippen molar-refractivity contribution in [1.29, 1.82) is 0 Å². The number of carbonyl (C=O) groups is 1. The van der Waals surface area contributed by atoms with Crippen LogP contribution in [0, 0.1) is 0 Å². The van der Waals surface area contributed by atoms with Gasteiger partial charge in [-0.05, 0) is 61.6 Å². The number of aromatic nitrogens is 3.